The van der Waals surface area contributed by atoms with Crippen LogP contribution in [0.15, 0.2) is 40.6 Å². The molecule has 38 heavy (non-hydrogen) atoms. The summed E-state index contributed by atoms with van der Waals surface area (Å²) in [6.07, 6.45) is 0. The molecule has 14 heteroatoms. The Labute approximate surface area is 218 Å². The number of H-pyrrole nitrogens is 1. The summed E-state index contributed by atoms with van der Waals surface area (Å²) in [5.74, 6) is -0.858. The number of esters is 1. The number of carbonyl (C=O) groups is 1. The molecular weight excluding hydrogens is 519 g/mol. The second-order valence-electron chi connectivity index (χ2n) is 7.89. The van der Waals surface area contributed by atoms with Crippen molar-refractivity contribution in [2.45, 2.75) is 12.6 Å². The van der Waals surface area contributed by atoms with Gasteiger partial charge in [0.15, 0.2) is 34.8 Å². The number of nitriles is 1. The first-order chi connectivity index (χ1) is 18.4. The molecule has 0 bridgehead atoms. The molecule has 1 unspecified atom stereocenters. The molecule has 0 saturated heterocycles. The molecule has 194 valence electrons. The maximum Gasteiger partial charge on any atom is 0.352 e. The van der Waals surface area contributed by atoms with Gasteiger partial charge in [-0.1, -0.05) is 0 Å². The molecule has 0 spiro atoms. The second-order valence-corrected chi connectivity index (χ2v) is 8.75. The molecule has 2 aromatic heterocycles. The molecule has 1 aliphatic heterocycles. The minimum absolute atomic E-state index is 0.0155. The van der Waals surface area contributed by atoms with Gasteiger partial charge in [-0.05, 0) is 30.3 Å². The largest absolute Gasteiger partial charge is 0.493 e. The number of ether oxygens (including phenoxy) is 4. The van der Waals surface area contributed by atoms with Crippen LogP contribution in [0.4, 0.5) is 10.1 Å². The Balaban J connectivity index is 1.66. The number of hydrogen-bond donors (Lipinski definition) is 2. The van der Waals surface area contributed by atoms with E-state index in [2.05, 4.69) is 20.4 Å². The third-order valence-electron chi connectivity index (χ3n) is 5.72. The highest BCUT2D eigenvalue weighted by molar-refractivity contribution is 7.12. The van der Waals surface area contributed by atoms with E-state index in [0.717, 1.165) is 16.0 Å². The fraction of sp³-hybridized carbons (Fsp3) is 0.208. The number of carbonyl (C=O) groups excluding carboxylic acids is 1. The normalized spacial score (nSPS) is 13.1. The lowest BCUT2D eigenvalue weighted by molar-refractivity contribution is -0.0200. The Morgan fingerprint density at radius 1 is 1.34 bits per heavy atom. The van der Waals surface area contributed by atoms with Crippen molar-refractivity contribution in [3.63, 3.8) is 0 Å². The van der Waals surface area contributed by atoms with E-state index < -0.39 is 23.5 Å². The molecule has 0 amide bonds. The standard InChI is InChI=1S/C24H19FN6O6S/c1-34-16-7-14(17(25)15-9-36-11-37-19(15)16)18(28-13-5-3-12(8-26)4-6-13)21-29-24(33)31(30-21)22-20(23(32)35-2)38-10-27-22/h3-7,10,18,28H,9,11H2,1-2H3,(H,29,30,33). The van der Waals surface area contributed by atoms with Crippen LogP contribution in [0.1, 0.15) is 38.2 Å². The van der Waals surface area contributed by atoms with E-state index in [1.54, 1.807) is 24.3 Å². The molecule has 1 aliphatic rings. The minimum atomic E-state index is -1.06. The average molecular weight is 539 g/mol. The quantitative estimate of drug-likeness (QED) is 0.336. The lowest BCUT2D eigenvalue weighted by atomic mass is 9.99. The van der Waals surface area contributed by atoms with Gasteiger partial charge in [0.05, 0.1) is 43.5 Å². The Kier molecular flexibility index (Phi) is 6.77. The van der Waals surface area contributed by atoms with Crippen LogP contribution in [0.2, 0.25) is 0 Å². The Hall–Kier alpha value is -4.74. The summed E-state index contributed by atoms with van der Waals surface area (Å²) in [6, 6.07) is 8.87. The van der Waals surface area contributed by atoms with Crippen LogP contribution >= 0.6 is 11.3 Å². The maximum atomic E-state index is 15.9. The predicted molar refractivity (Wildman–Crippen MR) is 131 cm³/mol. The van der Waals surface area contributed by atoms with E-state index in [9.17, 15) is 9.59 Å². The third-order valence-corrected chi connectivity index (χ3v) is 6.52. The molecule has 12 nitrogen and oxygen atoms in total. The first-order valence-electron chi connectivity index (χ1n) is 11.0. The van der Waals surface area contributed by atoms with Gasteiger partial charge >= 0.3 is 11.7 Å². The minimum Gasteiger partial charge on any atom is -0.493 e. The van der Waals surface area contributed by atoms with Crippen molar-refractivity contribution in [1.29, 1.82) is 5.26 Å². The van der Waals surface area contributed by atoms with Crippen LogP contribution in [0.5, 0.6) is 11.5 Å². The first-order valence-corrected chi connectivity index (χ1v) is 11.9. The van der Waals surface area contributed by atoms with Crippen molar-refractivity contribution >= 4 is 23.0 Å². The topological polar surface area (TPSA) is 153 Å². The lowest BCUT2D eigenvalue weighted by Crippen LogP contribution is -2.20. The number of aromatic amines is 1. The molecule has 0 saturated carbocycles. The number of methoxy groups -OCH3 is 2. The molecule has 4 aromatic rings. The van der Waals surface area contributed by atoms with Crippen LogP contribution in [0.3, 0.4) is 0 Å². The number of hydrogen-bond acceptors (Lipinski definition) is 11. The van der Waals surface area contributed by atoms with Crippen molar-refractivity contribution in [2.24, 2.45) is 0 Å². The highest BCUT2D eigenvalue weighted by atomic mass is 32.1. The second kappa shape index (κ2) is 10.3. The monoisotopic (exact) mass is 538 g/mol. The first kappa shape index (κ1) is 24.9. The smallest absolute Gasteiger partial charge is 0.352 e. The lowest BCUT2D eigenvalue weighted by Gasteiger charge is -2.25. The summed E-state index contributed by atoms with van der Waals surface area (Å²) in [5.41, 5.74) is 1.83. The van der Waals surface area contributed by atoms with Crippen molar-refractivity contribution in [3.8, 4) is 23.4 Å². The van der Waals surface area contributed by atoms with Gasteiger partial charge in [0, 0.05) is 11.3 Å². The summed E-state index contributed by atoms with van der Waals surface area (Å²) in [6.45, 7) is -0.107. The Morgan fingerprint density at radius 3 is 2.84 bits per heavy atom. The third kappa shape index (κ3) is 4.44. The number of fused-ring (bicyclic) bond motifs is 1. The zero-order valence-electron chi connectivity index (χ0n) is 20.0. The van der Waals surface area contributed by atoms with E-state index in [0.29, 0.717) is 11.3 Å². The number of aromatic nitrogens is 4. The summed E-state index contributed by atoms with van der Waals surface area (Å²) in [5, 5.41) is 16.6. The van der Waals surface area contributed by atoms with Gasteiger partial charge in [0.25, 0.3) is 0 Å². The van der Waals surface area contributed by atoms with Crippen LogP contribution in [0, 0.1) is 17.1 Å². The molecule has 2 N–H and O–H groups in total. The molecular formula is C24H19FN6O6S. The fourth-order valence-corrected chi connectivity index (χ4v) is 4.61. The maximum absolute atomic E-state index is 15.9. The van der Waals surface area contributed by atoms with Gasteiger partial charge in [-0.25, -0.2) is 19.0 Å². The number of nitrogens with one attached hydrogen (secondary N) is 2. The average Bonchev–Trinajstić information content (AvgIpc) is 3.59. The molecule has 0 fully saturated rings. The van der Waals surface area contributed by atoms with E-state index in [4.69, 9.17) is 24.2 Å². The molecule has 3 heterocycles. The molecule has 5 rings (SSSR count). The SMILES string of the molecule is COC(=O)c1scnc1-n1nc(C(Nc2ccc(C#N)cc2)c2cc(OC)c3c(c2F)COCO3)[nH]c1=O. The fourth-order valence-electron chi connectivity index (χ4n) is 3.92. The number of rotatable bonds is 7. The van der Waals surface area contributed by atoms with Crippen molar-refractivity contribution < 1.29 is 28.1 Å². The van der Waals surface area contributed by atoms with Gasteiger partial charge in [-0.15, -0.1) is 16.4 Å². The van der Waals surface area contributed by atoms with E-state index in [1.807, 2.05) is 6.07 Å². The van der Waals surface area contributed by atoms with Gasteiger partial charge in [-0.3, -0.25) is 4.98 Å². The number of benzene rings is 2. The summed E-state index contributed by atoms with van der Waals surface area (Å²) in [4.78, 5) is 31.9. The molecule has 0 radical (unpaired) electrons. The van der Waals surface area contributed by atoms with Gasteiger partial charge < -0.3 is 24.3 Å². The number of halogens is 1. The number of anilines is 1. The summed E-state index contributed by atoms with van der Waals surface area (Å²) in [7, 11) is 2.63. The van der Waals surface area contributed by atoms with Gasteiger partial charge in [0.2, 0.25) is 0 Å². The highest BCUT2D eigenvalue weighted by Crippen LogP contribution is 2.41. The van der Waals surface area contributed by atoms with E-state index >= 15 is 4.39 Å². The van der Waals surface area contributed by atoms with Crippen LogP contribution in [-0.2, 0) is 16.1 Å². The zero-order valence-corrected chi connectivity index (χ0v) is 20.8. The van der Waals surface area contributed by atoms with Crippen molar-refractivity contribution in [3.05, 3.63) is 79.5 Å². The van der Waals surface area contributed by atoms with Crippen LogP contribution in [0.25, 0.3) is 5.82 Å². The molecule has 2 aromatic carbocycles. The summed E-state index contributed by atoms with van der Waals surface area (Å²) < 4.78 is 37.8. The van der Waals surface area contributed by atoms with Gasteiger partial charge in [0.1, 0.15) is 11.9 Å². The number of thiazole rings is 1. The highest BCUT2D eigenvalue weighted by Gasteiger charge is 2.31. The predicted octanol–water partition coefficient (Wildman–Crippen LogP) is 2.89. The Bertz CT molecular complexity index is 1610. The van der Waals surface area contributed by atoms with Crippen LogP contribution < -0.4 is 20.5 Å². The van der Waals surface area contributed by atoms with Crippen molar-refractivity contribution in [1.82, 2.24) is 19.7 Å². The molecule has 1 atom stereocenters. The number of nitrogens with zero attached hydrogens (tertiary/aromatic N) is 4. The Morgan fingerprint density at radius 2 is 2.13 bits per heavy atom. The summed E-state index contributed by atoms with van der Waals surface area (Å²) >= 11 is 0.983. The molecule has 0 aliphatic carbocycles. The van der Waals surface area contributed by atoms with Crippen molar-refractivity contribution in [2.75, 3.05) is 26.3 Å². The van der Waals surface area contributed by atoms with Gasteiger partial charge in [-0.2, -0.15) is 9.94 Å². The van der Waals surface area contributed by atoms with Crippen LogP contribution in [-0.4, -0.2) is 46.7 Å². The van der Waals surface area contributed by atoms with E-state index in [1.165, 1.54) is 25.8 Å². The van der Waals surface area contributed by atoms with E-state index in [-0.39, 0.29) is 52.5 Å². The zero-order chi connectivity index (χ0) is 26.8.